The first-order valence-corrected chi connectivity index (χ1v) is 7.11. The van der Waals surface area contributed by atoms with Crippen molar-refractivity contribution in [1.29, 1.82) is 0 Å². The molecule has 1 N–H and O–H groups in total. The summed E-state index contributed by atoms with van der Waals surface area (Å²) in [5.74, 6) is 0.258. The number of nitrogens with one attached hydrogen (secondary N) is 1. The molecule has 0 saturated carbocycles. The molecule has 5 heteroatoms. The molecule has 0 spiro atoms. The number of hydrogen-bond acceptors (Lipinski definition) is 3. The fraction of sp³-hybridized carbons (Fsp3) is 0. The average molecular weight is 343 g/mol. The van der Waals surface area contributed by atoms with Crippen LogP contribution in [0, 0.1) is 0 Å². The van der Waals surface area contributed by atoms with E-state index in [4.69, 9.17) is 4.52 Å². The summed E-state index contributed by atoms with van der Waals surface area (Å²) in [5.41, 5.74) is 1.82. The van der Waals surface area contributed by atoms with Gasteiger partial charge < -0.3 is 9.84 Å². The van der Waals surface area contributed by atoms with Crippen molar-refractivity contribution in [3.8, 4) is 11.3 Å². The highest BCUT2D eigenvalue weighted by molar-refractivity contribution is 9.10. The molecular formula is C16H11BrN2O2. The Labute approximate surface area is 129 Å². The van der Waals surface area contributed by atoms with Crippen molar-refractivity contribution in [2.75, 3.05) is 5.32 Å². The molecule has 1 aromatic heterocycles. The predicted molar refractivity (Wildman–Crippen MR) is 84.0 cm³/mol. The molecule has 0 saturated heterocycles. The van der Waals surface area contributed by atoms with Crippen LogP contribution in [0.15, 0.2) is 69.7 Å². The number of carbonyl (C=O) groups is 1. The summed E-state index contributed by atoms with van der Waals surface area (Å²) in [7, 11) is 0. The van der Waals surface area contributed by atoms with Crippen LogP contribution in [-0.4, -0.2) is 11.1 Å². The number of halogens is 1. The minimum Gasteiger partial charge on any atom is -0.355 e. The maximum atomic E-state index is 12.1. The first kappa shape index (κ1) is 13.6. The van der Waals surface area contributed by atoms with Gasteiger partial charge in [0, 0.05) is 21.8 Å². The van der Waals surface area contributed by atoms with Gasteiger partial charge in [0.1, 0.15) is 0 Å². The van der Waals surface area contributed by atoms with E-state index >= 15 is 0 Å². The number of anilines is 1. The number of rotatable bonds is 3. The molecule has 0 aliphatic rings. The Morgan fingerprint density at radius 1 is 1.05 bits per heavy atom. The van der Waals surface area contributed by atoms with Gasteiger partial charge >= 0.3 is 0 Å². The highest BCUT2D eigenvalue weighted by Crippen LogP contribution is 2.21. The Kier molecular flexibility index (Phi) is 3.83. The Morgan fingerprint density at radius 3 is 2.62 bits per heavy atom. The van der Waals surface area contributed by atoms with E-state index in [9.17, 15) is 4.79 Å². The lowest BCUT2D eigenvalue weighted by atomic mass is 10.1. The molecule has 3 aromatic rings. The molecule has 0 aliphatic heterocycles. The van der Waals surface area contributed by atoms with Gasteiger partial charge in [0.25, 0.3) is 5.91 Å². The summed E-state index contributed by atoms with van der Waals surface area (Å²) in [6.07, 6.45) is 0. The number of benzene rings is 2. The maximum Gasteiger partial charge on any atom is 0.277 e. The van der Waals surface area contributed by atoms with Crippen LogP contribution in [0.2, 0.25) is 0 Å². The molecule has 0 unspecified atom stereocenters. The van der Waals surface area contributed by atoms with Gasteiger partial charge in [-0.1, -0.05) is 57.5 Å². The largest absolute Gasteiger partial charge is 0.355 e. The maximum absolute atomic E-state index is 12.1. The first-order chi connectivity index (χ1) is 10.2. The molecule has 0 fully saturated rings. The summed E-state index contributed by atoms with van der Waals surface area (Å²) < 4.78 is 6.11. The molecule has 1 heterocycles. The summed E-state index contributed by atoms with van der Waals surface area (Å²) >= 11 is 3.36. The number of hydrogen-bond donors (Lipinski definition) is 1. The summed E-state index contributed by atoms with van der Waals surface area (Å²) in [6.45, 7) is 0. The highest BCUT2D eigenvalue weighted by atomic mass is 79.9. The van der Waals surface area contributed by atoms with Gasteiger partial charge in [0.15, 0.2) is 11.5 Å². The van der Waals surface area contributed by atoms with Crippen molar-refractivity contribution in [2.45, 2.75) is 0 Å². The molecule has 3 rings (SSSR count). The third-order valence-electron chi connectivity index (χ3n) is 2.88. The molecule has 21 heavy (non-hydrogen) atoms. The molecule has 0 aliphatic carbocycles. The van der Waals surface area contributed by atoms with E-state index in [0.29, 0.717) is 11.4 Å². The van der Waals surface area contributed by atoms with E-state index in [1.165, 1.54) is 0 Å². The Morgan fingerprint density at radius 2 is 1.86 bits per heavy atom. The van der Waals surface area contributed by atoms with E-state index in [0.717, 1.165) is 10.0 Å². The molecule has 104 valence electrons. The smallest absolute Gasteiger partial charge is 0.277 e. The molecule has 2 aromatic carbocycles. The lowest BCUT2D eigenvalue weighted by Crippen LogP contribution is -2.11. The second kappa shape index (κ2) is 5.93. The second-order valence-corrected chi connectivity index (χ2v) is 5.32. The Balaban J connectivity index is 1.78. The van der Waals surface area contributed by atoms with Crippen LogP contribution >= 0.6 is 15.9 Å². The minimum atomic E-state index is -0.306. The van der Waals surface area contributed by atoms with Crippen LogP contribution in [-0.2, 0) is 0 Å². The lowest BCUT2D eigenvalue weighted by molar-refractivity contribution is 0.101. The van der Waals surface area contributed by atoms with Gasteiger partial charge in [-0.15, -0.1) is 0 Å². The number of amides is 1. The third-order valence-corrected chi connectivity index (χ3v) is 3.38. The van der Waals surface area contributed by atoms with Crippen molar-refractivity contribution in [2.24, 2.45) is 0 Å². The fourth-order valence-corrected chi connectivity index (χ4v) is 2.28. The number of nitrogens with zero attached hydrogens (tertiary/aromatic N) is 1. The van der Waals surface area contributed by atoms with E-state index in [1.54, 1.807) is 12.1 Å². The zero-order valence-electron chi connectivity index (χ0n) is 10.9. The van der Waals surface area contributed by atoms with E-state index < -0.39 is 0 Å². The lowest BCUT2D eigenvalue weighted by Gasteiger charge is -2.02. The summed E-state index contributed by atoms with van der Waals surface area (Å²) in [5, 5.41) is 6.58. The van der Waals surface area contributed by atoms with Gasteiger partial charge in [-0.05, 0) is 18.2 Å². The Bertz CT molecular complexity index is 769. The summed E-state index contributed by atoms with van der Waals surface area (Å²) in [4.78, 5) is 12.1. The normalized spacial score (nSPS) is 10.3. The van der Waals surface area contributed by atoms with Gasteiger partial charge in [0.05, 0.1) is 0 Å². The van der Waals surface area contributed by atoms with Crippen LogP contribution in [0.5, 0.6) is 0 Å². The van der Waals surface area contributed by atoms with Crippen LogP contribution in [0.25, 0.3) is 11.3 Å². The molecule has 1 amide bonds. The fourth-order valence-electron chi connectivity index (χ4n) is 1.88. The van der Waals surface area contributed by atoms with Crippen molar-refractivity contribution < 1.29 is 9.32 Å². The number of aromatic nitrogens is 1. The number of carbonyl (C=O) groups excluding carboxylic acids is 1. The predicted octanol–water partition coefficient (Wildman–Crippen LogP) is 4.36. The van der Waals surface area contributed by atoms with Gasteiger partial charge in [-0.2, -0.15) is 0 Å². The van der Waals surface area contributed by atoms with Gasteiger partial charge in [0.2, 0.25) is 0 Å². The zero-order valence-corrected chi connectivity index (χ0v) is 12.5. The molecule has 0 atom stereocenters. The molecule has 4 nitrogen and oxygen atoms in total. The van der Waals surface area contributed by atoms with E-state index in [-0.39, 0.29) is 11.6 Å². The molecule has 0 bridgehead atoms. The highest BCUT2D eigenvalue weighted by Gasteiger charge is 2.13. The van der Waals surface area contributed by atoms with E-state index in [1.807, 2.05) is 48.5 Å². The molecular weight excluding hydrogens is 332 g/mol. The van der Waals surface area contributed by atoms with E-state index in [2.05, 4.69) is 26.4 Å². The quantitative estimate of drug-likeness (QED) is 0.769. The summed E-state index contributed by atoms with van der Waals surface area (Å²) in [6, 6.07) is 18.5. The van der Waals surface area contributed by atoms with Crippen molar-refractivity contribution in [3.05, 3.63) is 70.8 Å². The van der Waals surface area contributed by atoms with Crippen LogP contribution in [0.3, 0.4) is 0 Å². The standard InChI is InChI=1S/C16H11BrN2O2/c17-12-7-4-8-13(9-12)18-16(20)14-10-15(21-19-14)11-5-2-1-3-6-11/h1-10H,(H,18,20). The van der Waals surface area contributed by atoms with Crippen molar-refractivity contribution >= 4 is 27.5 Å². The van der Waals surface area contributed by atoms with Crippen LogP contribution in [0.1, 0.15) is 10.5 Å². The van der Waals surface area contributed by atoms with Crippen LogP contribution < -0.4 is 5.32 Å². The second-order valence-electron chi connectivity index (χ2n) is 4.41. The Hall–Kier alpha value is -2.40. The minimum absolute atomic E-state index is 0.244. The third kappa shape index (κ3) is 3.20. The topological polar surface area (TPSA) is 55.1 Å². The van der Waals surface area contributed by atoms with Gasteiger partial charge in [-0.3, -0.25) is 4.79 Å². The zero-order chi connectivity index (χ0) is 14.7. The first-order valence-electron chi connectivity index (χ1n) is 6.31. The van der Waals surface area contributed by atoms with Crippen molar-refractivity contribution in [3.63, 3.8) is 0 Å². The van der Waals surface area contributed by atoms with Crippen molar-refractivity contribution in [1.82, 2.24) is 5.16 Å². The SMILES string of the molecule is O=C(Nc1cccc(Br)c1)c1cc(-c2ccccc2)on1. The monoisotopic (exact) mass is 342 g/mol. The van der Waals surface area contributed by atoms with Gasteiger partial charge in [-0.25, -0.2) is 0 Å². The average Bonchev–Trinajstić information content (AvgIpc) is 2.98. The van der Waals surface area contributed by atoms with Crippen LogP contribution in [0.4, 0.5) is 5.69 Å². The molecule has 0 radical (unpaired) electrons.